The summed E-state index contributed by atoms with van der Waals surface area (Å²) >= 11 is 1.50. The van der Waals surface area contributed by atoms with Crippen molar-refractivity contribution in [2.24, 2.45) is 0 Å². The second-order valence-corrected chi connectivity index (χ2v) is 12.1. The Bertz CT molecular complexity index is 1530. The number of ketones is 1. The van der Waals surface area contributed by atoms with Gasteiger partial charge < -0.3 is 9.26 Å². The molecule has 0 unspecified atom stereocenters. The van der Waals surface area contributed by atoms with E-state index in [1.807, 2.05) is 6.20 Å². The minimum atomic E-state index is -0.564. The Kier molecular flexibility index (Phi) is 6.46. The molecule has 2 fully saturated rings. The molecule has 0 amide bonds. The predicted octanol–water partition coefficient (Wildman–Crippen LogP) is 4.41. The molecular weight excluding hydrogens is 528 g/mol. The summed E-state index contributed by atoms with van der Waals surface area (Å²) in [6, 6.07) is 2.10. The number of likely N-dealkylation sites (N-methyl/N-ethyl adjacent to an activating group) is 1. The lowest BCUT2D eigenvalue weighted by molar-refractivity contribution is -0.128. The minimum absolute atomic E-state index is 0.0686. The zero-order valence-corrected chi connectivity index (χ0v) is 23.6. The van der Waals surface area contributed by atoms with Crippen molar-refractivity contribution in [3.8, 4) is 33.8 Å². The van der Waals surface area contributed by atoms with Crippen molar-refractivity contribution in [2.45, 2.75) is 82.3 Å². The van der Waals surface area contributed by atoms with Gasteiger partial charge in [0.05, 0.1) is 22.0 Å². The Morgan fingerprint density at radius 1 is 1.18 bits per heavy atom. The maximum absolute atomic E-state index is 13.2. The normalized spacial score (nSPS) is 23.9. The van der Waals surface area contributed by atoms with E-state index in [1.54, 1.807) is 22.5 Å². The van der Waals surface area contributed by atoms with Gasteiger partial charge in [-0.3, -0.25) is 14.7 Å². The number of nitrogens with zero attached hydrogens (tertiary/aromatic N) is 8. The monoisotopic (exact) mass is 560 g/mol. The molecule has 3 aliphatic rings. The summed E-state index contributed by atoms with van der Waals surface area (Å²) in [7, 11) is 2.13. The Morgan fingerprint density at radius 3 is 2.88 bits per heavy atom. The molecule has 1 spiro atoms. The number of carbonyl (C=O) groups excluding carboxylic acids is 1. The predicted molar refractivity (Wildman–Crippen MR) is 147 cm³/mol. The molecule has 4 aromatic rings. The van der Waals surface area contributed by atoms with Crippen molar-refractivity contribution >= 4 is 17.1 Å². The number of fused-ring (bicyclic) bond motifs is 2. The molecule has 12 heteroatoms. The smallest absolute Gasteiger partial charge is 0.219 e. The van der Waals surface area contributed by atoms with E-state index in [0.717, 1.165) is 68.4 Å². The standard InChI is InChI=1S/C28H32N8O3S/c1-17(20-8-6-12-35(20)2)38-24-13-23(36-15-19(32-34-36)21-14-29-16-40-21)30-27(31-24)25-18-7-5-11-28(26(18)39-33-25)10-4-3-9-22(28)37/h13-17,20H,3-12H2,1-2H3/t17-,20-,28+/m0/s1. The fourth-order valence-electron chi connectivity index (χ4n) is 6.69. The number of hydrogen-bond acceptors (Lipinski definition) is 11. The Morgan fingerprint density at radius 2 is 2.08 bits per heavy atom. The Hall–Kier alpha value is -3.51. The lowest BCUT2D eigenvalue weighted by Crippen LogP contribution is -2.41. The Balaban J connectivity index is 1.30. The fraction of sp³-hybridized carbons (Fsp3) is 0.536. The van der Waals surface area contributed by atoms with Crippen molar-refractivity contribution in [1.29, 1.82) is 0 Å². The first-order valence-electron chi connectivity index (χ1n) is 14.1. The second kappa shape index (κ2) is 10.2. The van der Waals surface area contributed by atoms with Crippen LogP contribution < -0.4 is 4.74 Å². The first-order chi connectivity index (χ1) is 19.5. The summed E-state index contributed by atoms with van der Waals surface area (Å²) in [6.07, 6.45) is 11.6. The molecule has 5 heterocycles. The molecule has 4 aromatic heterocycles. The number of aromatic nitrogens is 7. The van der Waals surface area contributed by atoms with E-state index >= 15 is 0 Å². The maximum Gasteiger partial charge on any atom is 0.219 e. The van der Waals surface area contributed by atoms with E-state index in [4.69, 9.17) is 19.2 Å². The number of rotatable bonds is 6. The van der Waals surface area contributed by atoms with E-state index in [0.29, 0.717) is 47.1 Å². The number of likely N-dealkylation sites (tertiary alicyclic amines) is 1. The van der Waals surface area contributed by atoms with Gasteiger partial charge in [-0.1, -0.05) is 16.8 Å². The van der Waals surface area contributed by atoms with Gasteiger partial charge >= 0.3 is 0 Å². The van der Waals surface area contributed by atoms with Crippen molar-refractivity contribution in [3.63, 3.8) is 0 Å². The van der Waals surface area contributed by atoms with Crippen LogP contribution in [0.15, 0.2) is 28.5 Å². The van der Waals surface area contributed by atoms with Gasteiger partial charge in [-0.15, -0.1) is 16.4 Å². The highest BCUT2D eigenvalue weighted by Crippen LogP contribution is 2.47. The zero-order valence-electron chi connectivity index (χ0n) is 22.7. The molecule has 40 heavy (non-hydrogen) atoms. The molecule has 0 bridgehead atoms. The number of hydrogen-bond donors (Lipinski definition) is 0. The molecule has 0 radical (unpaired) electrons. The molecule has 1 saturated heterocycles. The van der Waals surface area contributed by atoms with Crippen LogP contribution in [0.25, 0.3) is 27.9 Å². The van der Waals surface area contributed by atoms with Crippen LogP contribution in [0, 0.1) is 0 Å². The van der Waals surface area contributed by atoms with Gasteiger partial charge in [0.1, 0.15) is 17.6 Å². The lowest BCUT2D eigenvalue weighted by Gasteiger charge is -2.36. The number of thiazole rings is 1. The average Bonchev–Trinajstić information content (AvgIpc) is 3.77. The van der Waals surface area contributed by atoms with Gasteiger partial charge in [-0.25, -0.2) is 9.67 Å². The summed E-state index contributed by atoms with van der Waals surface area (Å²) in [6.45, 7) is 3.14. The second-order valence-electron chi connectivity index (χ2n) is 11.2. The van der Waals surface area contributed by atoms with Crippen LogP contribution in [0.4, 0.5) is 0 Å². The highest BCUT2D eigenvalue weighted by Gasteiger charge is 2.48. The van der Waals surface area contributed by atoms with E-state index in [1.165, 1.54) is 11.3 Å². The number of ether oxygens (including phenoxy) is 1. The molecule has 1 saturated carbocycles. The quantitative estimate of drug-likeness (QED) is 0.335. The summed E-state index contributed by atoms with van der Waals surface area (Å²) in [5, 5.41) is 13.1. The first-order valence-corrected chi connectivity index (χ1v) is 15.0. The topological polar surface area (TPSA) is 125 Å². The van der Waals surface area contributed by atoms with Crippen LogP contribution in [0.5, 0.6) is 5.88 Å². The van der Waals surface area contributed by atoms with Gasteiger partial charge in [0.15, 0.2) is 23.1 Å². The number of Topliss-reactive ketones (excluding diaryl/α,β-unsaturated/α-hetero) is 1. The molecule has 208 valence electrons. The molecule has 0 N–H and O–H groups in total. The molecule has 11 nitrogen and oxygen atoms in total. The van der Waals surface area contributed by atoms with Gasteiger partial charge in [0, 0.05) is 30.3 Å². The van der Waals surface area contributed by atoms with Crippen molar-refractivity contribution < 1.29 is 14.1 Å². The molecule has 7 rings (SSSR count). The van der Waals surface area contributed by atoms with E-state index in [-0.39, 0.29) is 11.9 Å². The van der Waals surface area contributed by atoms with Crippen molar-refractivity contribution in [3.05, 3.63) is 35.3 Å². The summed E-state index contributed by atoms with van der Waals surface area (Å²) in [4.78, 5) is 30.3. The minimum Gasteiger partial charge on any atom is -0.473 e. The van der Waals surface area contributed by atoms with Crippen LogP contribution >= 0.6 is 11.3 Å². The van der Waals surface area contributed by atoms with Gasteiger partial charge in [0.2, 0.25) is 5.88 Å². The third-order valence-electron chi connectivity index (χ3n) is 8.78. The molecule has 2 aliphatic carbocycles. The van der Waals surface area contributed by atoms with Crippen LogP contribution in [0.2, 0.25) is 0 Å². The third kappa shape index (κ3) is 4.33. The summed E-state index contributed by atoms with van der Waals surface area (Å²) in [5.74, 6) is 2.35. The molecule has 3 atom stereocenters. The lowest BCUT2D eigenvalue weighted by atomic mass is 9.64. The largest absolute Gasteiger partial charge is 0.473 e. The van der Waals surface area contributed by atoms with Gasteiger partial charge in [0.25, 0.3) is 0 Å². The third-order valence-corrected chi connectivity index (χ3v) is 9.58. The zero-order chi connectivity index (χ0) is 27.3. The van der Waals surface area contributed by atoms with Gasteiger partial charge in [-0.2, -0.15) is 4.98 Å². The summed E-state index contributed by atoms with van der Waals surface area (Å²) < 4.78 is 14.0. The van der Waals surface area contributed by atoms with Crippen LogP contribution in [-0.2, 0) is 16.6 Å². The molecule has 0 aromatic carbocycles. The Labute approximate surface area is 236 Å². The number of carbonyl (C=O) groups is 1. The van der Waals surface area contributed by atoms with Crippen molar-refractivity contribution in [1.82, 2.24) is 40.0 Å². The van der Waals surface area contributed by atoms with Crippen LogP contribution in [0.1, 0.15) is 69.6 Å². The van der Waals surface area contributed by atoms with Crippen LogP contribution in [0.3, 0.4) is 0 Å². The average molecular weight is 561 g/mol. The highest BCUT2D eigenvalue weighted by molar-refractivity contribution is 7.13. The van der Waals surface area contributed by atoms with E-state index < -0.39 is 5.41 Å². The highest BCUT2D eigenvalue weighted by atomic mass is 32.1. The SMILES string of the molecule is C[C@H](Oc1cc(-n2cc(-c3cncs3)nn2)nc(-c2noc3c2CCC[C@@]32CCCCC2=O)n1)[C@@H]1CCCN1C. The first kappa shape index (κ1) is 25.5. The van der Waals surface area contributed by atoms with E-state index in [9.17, 15) is 4.79 Å². The van der Waals surface area contributed by atoms with Crippen LogP contribution in [-0.4, -0.2) is 71.5 Å². The molecule has 1 aliphatic heterocycles. The van der Waals surface area contributed by atoms with E-state index in [2.05, 4.69) is 39.3 Å². The summed E-state index contributed by atoms with van der Waals surface area (Å²) in [5.41, 5.74) is 3.43. The molecular formula is C28H32N8O3S. The maximum atomic E-state index is 13.2. The van der Waals surface area contributed by atoms with Gasteiger partial charge in [-0.05, 0) is 65.5 Å². The van der Waals surface area contributed by atoms with Crippen molar-refractivity contribution in [2.75, 3.05) is 13.6 Å². The fourth-order valence-corrected chi connectivity index (χ4v) is 7.27.